The number of hydrogen-bond donors (Lipinski definition) is 1. The highest BCUT2D eigenvalue weighted by Gasteiger charge is 2.05. The molecule has 0 amide bonds. The van der Waals surface area contributed by atoms with Crippen LogP contribution in [0.25, 0.3) is 10.8 Å². The lowest BCUT2D eigenvalue weighted by Gasteiger charge is -2.23. The molecule has 2 N–H and O–H groups in total. The van der Waals surface area contributed by atoms with E-state index in [1.807, 2.05) is 6.07 Å². The summed E-state index contributed by atoms with van der Waals surface area (Å²) in [4.78, 5) is 0. The smallest absolute Gasteiger partial charge is 0.119 e. The van der Waals surface area contributed by atoms with Crippen molar-refractivity contribution < 1.29 is 9.22 Å². The molecule has 0 aliphatic rings. The molecule has 0 spiro atoms. The highest BCUT2D eigenvalue weighted by Crippen LogP contribution is 2.22. The van der Waals surface area contributed by atoms with E-state index in [0.717, 1.165) is 28.8 Å². The number of nitrogens with zero attached hydrogens (tertiary/aromatic N) is 1. The minimum atomic E-state index is 0.584. The van der Waals surface area contributed by atoms with Crippen molar-refractivity contribution in [2.45, 2.75) is 19.4 Å². The van der Waals surface area contributed by atoms with Crippen LogP contribution in [0.4, 0.5) is 0 Å². The lowest BCUT2D eigenvalue weighted by atomic mass is 10.1. The first-order valence-electron chi connectivity index (χ1n) is 7.64. The van der Waals surface area contributed by atoms with E-state index in [1.165, 1.54) is 23.7 Å². The van der Waals surface area contributed by atoms with E-state index in [0.29, 0.717) is 6.54 Å². The second kappa shape index (κ2) is 6.92. The Kier molecular flexibility index (Phi) is 5.21. The zero-order chi connectivity index (χ0) is 15.3. The first kappa shape index (κ1) is 15.8. The van der Waals surface area contributed by atoms with Crippen molar-refractivity contribution in [2.24, 2.45) is 5.73 Å². The van der Waals surface area contributed by atoms with Crippen LogP contribution in [-0.2, 0) is 6.54 Å². The molecule has 0 aromatic heterocycles. The van der Waals surface area contributed by atoms with Gasteiger partial charge in [0.15, 0.2) is 0 Å². The number of benzene rings is 2. The molecule has 0 saturated heterocycles. The van der Waals surface area contributed by atoms with E-state index in [9.17, 15) is 0 Å². The Morgan fingerprint density at radius 3 is 2.38 bits per heavy atom. The molecule has 2 aromatic carbocycles. The maximum atomic E-state index is 5.85. The van der Waals surface area contributed by atoms with Gasteiger partial charge in [-0.05, 0) is 47.4 Å². The van der Waals surface area contributed by atoms with Gasteiger partial charge in [-0.1, -0.05) is 18.2 Å². The molecular weight excluding hydrogens is 260 g/mol. The van der Waals surface area contributed by atoms with Gasteiger partial charge in [0.05, 0.1) is 34.3 Å². The van der Waals surface area contributed by atoms with E-state index in [1.54, 1.807) is 0 Å². The van der Waals surface area contributed by atoms with Gasteiger partial charge in [0.2, 0.25) is 0 Å². The first-order valence-corrected chi connectivity index (χ1v) is 7.64. The molecule has 0 atom stereocenters. The Morgan fingerprint density at radius 2 is 1.67 bits per heavy atom. The van der Waals surface area contributed by atoms with Gasteiger partial charge < -0.3 is 15.0 Å². The summed E-state index contributed by atoms with van der Waals surface area (Å²) in [6.45, 7) is 2.55. The lowest BCUT2D eigenvalue weighted by Crippen LogP contribution is -2.35. The quantitative estimate of drug-likeness (QED) is 0.627. The summed E-state index contributed by atoms with van der Waals surface area (Å²) < 4.78 is 6.87. The van der Waals surface area contributed by atoms with Crippen molar-refractivity contribution in [1.82, 2.24) is 0 Å². The molecular formula is C18H27N2O+. The van der Waals surface area contributed by atoms with E-state index in [4.69, 9.17) is 10.5 Å². The van der Waals surface area contributed by atoms with Crippen molar-refractivity contribution >= 4 is 10.8 Å². The highest BCUT2D eigenvalue weighted by atomic mass is 16.5. The molecule has 0 saturated carbocycles. The third-order valence-electron chi connectivity index (χ3n) is 3.60. The van der Waals surface area contributed by atoms with Crippen LogP contribution >= 0.6 is 0 Å². The van der Waals surface area contributed by atoms with Crippen molar-refractivity contribution in [3.63, 3.8) is 0 Å². The second-order valence-electron chi connectivity index (χ2n) is 6.62. The molecule has 0 aliphatic carbocycles. The topological polar surface area (TPSA) is 35.2 Å². The largest absolute Gasteiger partial charge is 0.494 e. The van der Waals surface area contributed by atoms with Gasteiger partial charge in [0.1, 0.15) is 5.75 Å². The van der Waals surface area contributed by atoms with E-state index < -0.39 is 0 Å². The minimum Gasteiger partial charge on any atom is -0.494 e. The van der Waals surface area contributed by atoms with Gasteiger partial charge in [0.25, 0.3) is 0 Å². The molecule has 0 bridgehead atoms. The molecule has 0 aliphatic heterocycles. The number of hydrogen-bond acceptors (Lipinski definition) is 2. The Bertz CT molecular complexity index is 587. The maximum Gasteiger partial charge on any atom is 0.119 e. The molecule has 0 unspecified atom stereocenters. The molecule has 114 valence electrons. The molecule has 3 heteroatoms. The number of fused-ring (bicyclic) bond motifs is 1. The monoisotopic (exact) mass is 287 g/mol. The molecule has 0 heterocycles. The minimum absolute atomic E-state index is 0.584. The Labute approximate surface area is 127 Å². The van der Waals surface area contributed by atoms with Crippen molar-refractivity contribution in [3.8, 4) is 5.75 Å². The predicted octanol–water partition coefficient (Wildman–Crippen LogP) is 3.16. The average molecular weight is 287 g/mol. The van der Waals surface area contributed by atoms with Crippen molar-refractivity contribution in [2.75, 3.05) is 34.3 Å². The Morgan fingerprint density at radius 1 is 0.952 bits per heavy atom. The summed E-state index contributed by atoms with van der Waals surface area (Å²) in [5.41, 5.74) is 6.83. The summed E-state index contributed by atoms with van der Waals surface area (Å²) in [6, 6.07) is 12.6. The molecule has 21 heavy (non-hydrogen) atoms. The lowest BCUT2D eigenvalue weighted by molar-refractivity contribution is -0.870. The maximum absolute atomic E-state index is 5.85. The summed E-state index contributed by atoms with van der Waals surface area (Å²) in [7, 11) is 6.67. The van der Waals surface area contributed by atoms with Gasteiger partial charge in [-0.2, -0.15) is 0 Å². The first-order chi connectivity index (χ1) is 9.98. The Balaban J connectivity index is 1.88. The summed E-state index contributed by atoms with van der Waals surface area (Å²) >= 11 is 0. The molecule has 2 rings (SSSR count). The van der Waals surface area contributed by atoms with Gasteiger partial charge in [-0.3, -0.25) is 0 Å². The fourth-order valence-corrected chi connectivity index (χ4v) is 2.37. The SMILES string of the molecule is C[N+](C)(C)CCCCOc1ccc2cc(CN)ccc2c1. The molecule has 0 fully saturated rings. The van der Waals surface area contributed by atoms with Crippen LogP contribution in [0.5, 0.6) is 5.75 Å². The van der Waals surface area contributed by atoms with Crippen LogP contribution in [-0.4, -0.2) is 38.8 Å². The zero-order valence-corrected chi connectivity index (χ0v) is 13.4. The van der Waals surface area contributed by atoms with Crippen molar-refractivity contribution in [3.05, 3.63) is 42.0 Å². The second-order valence-corrected chi connectivity index (χ2v) is 6.62. The normalized spacial score (nSPS) is 11.8. The van der Waals surface area contributed by atoms with E-state index in [-0.39, 0.29) is 0 Å². The van der Waals surface area contributed by atoms with Crippen LogP contribution in [0.1, 0.15) is 18.4 Å². The van der Waals surface area contributed by atoms with Crippen LogP contribution in [0.3, 0.4) is 0 Å². The molecule has 2 aromatic rings. The van der Waals surface area contributed by atoms with Crippen LogP contribution in [0.15, 0.2) is 36.4 Å². The van der Waals surface area contributed by atoms with Gasteiger partial charge in [-0.25, -0.2) is 0 Å². The third kappa shape index (κ3) is 5.03. The third-order valence-corrected chi connectivity index (χ3v) is 3.60. The van der Waals surface area contributed by atoms with Gasteiger partial charge >= 0.3 is 0 Å². The predicted molar refractivity (Wildman–Crippen MR) is 89.5 cm³/mol. The number of nitrogens with two attached hydrogens (primary N) is 1. The highest BCUT2D eigenvalue weighted by molar-refractivity contribution is 5.84. The van der Waals surface area contributed by atoms with Crippen LogP contribution in [0.2, 0.25) is 0 Å². The summed E-state index contributed by atoms with van der Waals surface area (Å²) in [6.07, 6.45) is 2.29. The molecule has 3 nitrogen and oxygen atoms in total. The van der Waals surface area contributed by atoms with Gasteiger partial charge in [0, 0.05) is 6.54 Å². The van der Waals surface area contributed by atoms with E-state index in [2.05, 4.69) is 51.5 Å². The van der Waals surface area contributed by atoms with Crippen LogP contribution < -0.4 is 10.5 Å². The van der Waals surface area contributed by atoms with Gasteiger partial charge in [-0.15, -0.1) is 0 Å². The number of rotatable bonds is 7. The van der Waals surface area contributed by atoms with E-state index >= 15 is 0 Å². The van der Waals surface area contributed by atoms with Crippen LogP contribution in [0, 0.1) is 0 Å². The standard InChI is InChI=1S/C18H27N2O/c1-20(2,3)10-4-5-11-21-18-9-8-16-12-15(14-19)6-7-17(16)13-18/h6-9,12-13H,4-5,10-11,14,19H2,1-3H3/q+1. The fraction of sp³-hybridized carbons (Fsp3) is 0.444. The number of quaternary nitrogens is 1. The summed E-state index contributed by atoms with van der Waals surface area (Å²) in [5, 5.41) is 2.42. The zero-order valence-electron chi connectivity index (χ0n) is 13.4. The Hall–Kier alpha value is -1.58. The summed E-state index contributed by atoms with van der Waals surface area (Å²) in [5.74, 6) is 0.952. The van der Waals surface area contributed by atoms with Crippen molar-refractivity contribution in [1.29, 1.82) is 0 Å². The number of unbranched alkanes of at least 4 members (excludes halogenated alkanes) is 1. The fourth-order valence-electron chi connectivity index (χ4n) is 2.37. The number of ether oxygens (including phenoxy) is 1. The average Bonchev–Trinajstić information content (AvgIpc) is 2.45. The molecule has 0 radical (unpaired) electrons.